The Labute approximate surface area is 163 Å². The summed E-state index contributed by atoms with van der Waals surface area (Å²) in [5, 5.41) is 5.23. The second kappa shape index (κ2) is 7.38. The van der Waals surface area contributed by atoms with Gasteiger partial charge in [0.1, 0.15) is 11.6 Å². The van der Waals surface area contributed by atoms with Crippen LogP contribution in [0.15, 0.2) is 18.2 Å². The molecule has 5 nitrogen and oxygen atoms in total. The zero-order chi connectivity index (χ0) is 18.3. The van der Waals surface area contributed by atoms with E-state index in [1.807, 2.05) is 16.3 Å². The zero-order valence-electron chi connectivity index (χ0n) is 14.9. The molecule has 0 amide bonds. The molecule has 2 aromatic rings. The van der Waals surface area contributed by atoms with E-state index in [-0.39, 0.29) is 5.82 Å². The normalized spacial score (nSPS) is 19.2. The van der Waals surface area contributed by atoms with Crippen LogP contribution in [-0.2, 0) is 20.3 Å². The van der Waals surface area contributed by atoms with Gasteiger partial charge in [0.25, 0.3) is 0 Å². The van der Waals surface area contributed by atoms with E-state index in [0.717, 1.165) is 36.8 Å². The summed E-state index contributed by atoms with van der Waals surface area (Å²) in [6.45, 7) is 4.83. The van der Waals surface area contributed by atoms with Gasteiger partial charge in [-0.05, 0) is 37.2 Å². The minimum absolute atomic E-state index is 0.229. The van der Waals surface area contributed by atoms with E-state index in [1.165, 1.54) is 18.9 Å². The molecule has 140 valence electrons. The number of piperazine rings is 1. The van der Waals surface area contributed by atoms with Crippen molar-refractivity contribution in [1.82, 2.24) is 24.1 Å². The second-order valence-corrected chi connectivity index (χ2v) is 7.98. The van der Waals surface area contributed by atoms with Gasteiger partial charge in [0.05, 0.1) is 6.67 Å². The maximum Gasteiger partial charge on any atom is 0.198 e. The molecule has 0 atom stereocenters. The highest BCUT2D eigenvalue weighted by Crippen LogP contribution is 2.38. The first-order chi connectivity index (χ1) is 12.5. The van der Waals surface area contributed by atoms with Gasteiger partial charge < -0.3 is 4.57 Å². The lowest BCUT2D eigenvalue weighted by Crippen LogP contribution is -2.46. The highest BCUT2D eigenvalue weighted by Gasteiger charge is 2.29. The fourth-order valence-electron chi connectivity index (χ4n) is 3.48. The molecule has 2 aliphatic rings. The van der Waals surface area contributed by atoms with Gasteiger partial charge in [0.15, 0.2) is 4.77 Å². The van der Waals surface area contributed by atoms with Crippen molar-refractivity contribution in [2.75, 3.05) is 26.2 Å². The molecule has 1 aromatic carbocycles. The van der Waals surface area contributed by atoms with Crippen molar-refractivity contribution in [2.45, 2.75) is 32.0 Å². The second-order valence-electron chi connectivity index (χ2n) is 7.21. The Morgan fingerprint density at radius 2 is 1.88 bits per heavy atom. The van der Waals surface area contributed by atoms with Gasteiger partial charge in [-0.25, -0.2) is 9.07 Å². The highest BCUT2D eigenvalue weighted by atomic mass is 35.5. The van der Waals surface area contributed by atoms with Gasteiger partial charge in [0, 0.05) is 56.3 Å². The number of hydrogen-bond donors (Lipinski definition) is 0. The summed E-state index contributed by atoms with van der Waals surface area (Å²) in [5.74, 6) is 1.47. The van der Waals surface area contributed by atoms with Crippen LogP contribution in [0, 0.1) is 10.6 Å². The summed E-state index contributed by atoms with van der Waals surface area (Å²) >= 11 is 11.7. The molecule has 26 heavy (non-hydrogen) atoms. The molecule has 1 saturated carbocycles. The molecular weight excluding hydrogens is 373 g/mol. The summed E-state index contributed by atoms with van der Waals surface area (Å²) < 4.78 is 18.7. The molecule has 0 bridgehead atoms. The number of rotatable bonds is 5. The number of hydrogen-bond acceptors (Lipinski definition) is 4. The van der Waals surface area contributed by atoms with Gasteiger partial charge in [0.2, 0.25) is 0 Å². The molecule has 0 spiro atoms. The minimum Gasteiger partial charge on any atom is -0.307 e. The zero-order valence-corrected chi connectivity index (χ0v) is 16.4. The number of aromatic nitrogens is 3. The Hall–Kier alpha value is -1.28. The van der Waals surface area contributed by atoms with Gasteiger partial charge in [-0.2, -0.15) is 5.10 Å². The summed E-state index contributed by atoms with van der Waals surface area (Å²) in [4.78, 5) is 4.59. The first-order valence-electron chi connectivity index (χ1n) is 9.04. The third-order valence-electron chi connectivity index (χ3n) is 5.26. The van der Waals surface area contributed by atoms with Gasteiger partial charge in [-0.1, -0.05) is 17.7 Å². The highest BCUT2D eigenvalue weighted by molar-refractivity contribution is 7.71. The predicted molar refractivity (Wildman–Crippen MR) is 102 cm³/mol. The predicted octanol–water partition coefficient (Wildman–Crippen LogP) is 3.40. The standard InChI is InChI=1S/C18H23ClFN5S/c1-22-17(13-5-6-13)21-25(18(22)26)12-24-9-7-23(8-10-24)11-14-15(19)3-2-4-16(14)20/h2-4,13H,5-12H2,1H3. The molecule has 1 aliphatic heterocycles. The Balaban J connectivity index is 1.35. The van der Waals surface area contributed by atoms with Crippen molar-refractivity contribution in [3.63, 3.8) is 0 Å². The summed E-state index contributed by atoms with van der Waals surface area (Å²) in [5.41, 5.74) is 0.587. The van der Waals surface area contributed by atoms with E-state index in [0.29, 0.717) is 29.7 Å². The van der Waals surface area contributed by atoms with E-state index >= 15 is 0 Å². The third-order valence-corrected chi connectivity index (χ3v) is 6.10. The molecule has 1 aromatic heterocycles. The van der Waals surface area contributed by atoms with Crippen molar-refractivity contribution in [2.24, 2.45) is 7.05 Å². The Kier molecular flexibility index (Phi) is 5.14. The van der Waals surface area contributed by atoms with Gasteiger partial charge in [-0.15, -0.1) is 0 Å². The number of nitrogens with zero attached hydrogens (tertiary/aromatic N) is 5. The maximum atomic E-state index is 14.0. The van der Waals surface area contributed by atoms with Crippen LogP contribution >= 0.6 is 23.8 Å². The average Bonchev–Trinajstić information content (AvgIpc) is 3.43. The summed E-state index contributed by atoms with van der Waals surface area (Å²) in [6.07, 6.45) is 2.44. The first kappa shape index (κ1) is 18.1. The number of benzene rings is 1. The molecule has 2 heterocycles. The van der Waals surface area contributed by atoms with Crippen molar-refractivity contribution in [3.05, 3.63) is 45.2 Å². The van der Waals surface area contributed by atoms with E-state index in [4.69, 9.17) is 28.9 Å². The Bertz CT molecular complexity index is 832. The smallest absolute Gasteiger partial charge is 0.198 e. The van der Waals surface area contributed by atoms with Crippen LogP contribution in [0.5, 0.6) is 0 Å². The van der Waals surface area contributed by atoms with Crippen molar-refractivity contribution < 1.29 is 4.39 Å². The van der Waals surface area contributed by atoms with Crippen molar-refractivity contribution in [1.29, 1.82) is 0 Å². The van der Waals surface area contributed by atoms with Crippen LogP contribution in [-0.4, -0.2) is 50.3 Å². The SMILES string of the molecule is Cn1c(C2CC2)nn(CN2CCN(Cc3c(F)cccc3Cl)CC2)c1=S. The first-order valence-corrected chi connectivity index (χ1v) is 9.83. The molecule has 8 heteroatoms. The maximum absolute atomic E-state index is 14.0. The monoisotopic (exact) mass is 395 g/mol. The van der Waals surface area contributed by atoms with E-state index in [9.17, 15) is 4.39 Å². The van der Waals surface area contributed by atoms with Crippen LogP contribution < -0.4 is 0 Å². The van der Waals surface area contributed by atoms with Crippen LogP contribution in [0.25, 0.3) is 0 Å². The third kappa shape index (κ3) is 3.71. The van der Waals surface area contributed by atoms with Gasteiger partial charge in [-0.3, -0.25) is 9.80 Å². The quantitative estimate of drug-likeness (QED) is 0.726. The van der Waals surface area contributed by atoms with Gasteiger partial charge >= 0.3 is 0 Å². The molecule has 1 aliphatic carbocycles. The Morgan fingerprint density at radius 3 is 2.54 bits per heavy atom. The largest absolute Gasteiger partial charge is 0.307 e. The number of halogens is 2. The van der Waals surface area contributed by atoms with Crippen LogP contribution in [0.3, 0.4) is 0 Å². The van der Waals surface area contributed by atoms with E-state index < -0.39 is 0 Å². The van der Waals surface area contributed by atoms with Crippen molar-refractivity contribution >= 4 is 23.8 Å². The molecular formula is C18H23ClFN5S. The van der Waals surface area contributed by atoms with Crippen LogP contribution in [0.4, 0.5) is 4.39 Å². The fourth-order valence-corrected chi connectivity index (χ4v) is 3.89. The van der Waals surface area contributed by atoms with E-state index in [1.54, 1.807) is 12.1 Å². The molecule has 1 saturated heterocycles. The minimum atomic E-state index is -0.229. The van der Waals surface area contributed by atoms with Crippen LogP contribution in [0.2, 0.25) is 5.02 Å². The summed E-state index contributed by atoms with van der Waals surface area (Å²) in [6, 6.07) is 4.86. The van der Waals surface area contributed by atoms with E-state index in [2.05, 4.69) is 9.80 Å². The van der Waals surface area contributed by atoms with Crippen LogP contribution in [0.1, 0.15) is 30.1 Å². The molecule has 4 rings (SSSR count). The molecule has 2 fully saturated rings. The Morgan fingerprint density at radius 1 is 1.19 bits per heavy atom. The molecule has 0 N–H and O–H groups in total. The lowest BCUT2D eigenvalue weighted by molar-refractivity contribution is 0.0972. The summed E-state index contributed by atoms with van der Waals surface area (Å²) in [7, 11) is 2.01. The molecule has 0 unspecified atom stereocenters. The average molecular weight is 396 g/mol. The topological polar surface area (TPSA) is 29.2 Å². The van der Waals surface area contributed by atoms with Crippen molar-refractivity contribution in [3.8, 4) is 0 Å². The molecule has 0 radical (unpaired) electrons. The fraction of sp³-hybridized carbons (Fsp3) is 0.556. The lowest BCUT2D eigenvalue weighted by Gasteiger charge is -2.34. The lowest BCUT2D eigenvalue weighted by atomic mass is 10.2.